The Morgan fingerprint density at radius 1 is 0.882 bits per heavy atom. The number of phosphoric ester groups is 2. The van der Waals surface area contributed by atoms with Crippen molar-refractivity contribution in [2.75, 3.05) is 19.8 Å². The highest BCUT2D eigenvalue weighted by Crippen LogP contribution is 2.71. The van der Waals surface area contributed by atoms with Gasteiger partial charge in [0.15, 0.2) is 6.10 Å². The van der Waals surface area contributed by atoms with Gasteiger partial charge in [-0.25, -0.2) is 27.9 Å². The number of benzene rings is 2. The number of para-hydroxylation sites is 2. The summed E-state index contributed by atoms with van der Waals surface area (Å²) < 4.78 is 96.0. The lowest BCUT2D eigenvalue weighted by Gasteiger charge is -2.37. The SMILES string of the molecule is Cc1cn([C@H]2C[C@H](OP(OCCC#N)N(C(C)C)C(C)C)[C@@H](COP3(=O)O[C@@]4(COP(=O)(Oc5ccccc5Cl)O3)O[C@@H](n3cc(C)c(=O)[nH]c3=O)C[C@@H]4Oc3ccccc3Cl)O2)c(=O)[nH]c1=O. The monoisotopic (exact) mass is 1040 g/mol. The molecule has 3 aliphatic heterocycles. The molecule has 3 saturated heterocycles. The van der Waals surface area contributed by atoms with Crippen LogP contribution in [-0.4, -0.2) is 79.8 Å². The first-order valence-corrected chi connectivity index (χ1v) is 26.0. The zero-order chi connectivity index (χ0) is 49.1. The lowest BCUT2D eigenvalue weighted by atomic mass is 10.1. The molecule has 4 aromatic rings. The molecular formula is C41H49Cl2N6O16P3. The van der Waals surface area contributed by atoms with Crippen LogP contribution in [-0.2, 0) is 45.5 Å². The van der Waals surface area contributed by atoms with Crippen LogP contribution in [0, 0.1) is 25.2 Å². The molecule has 3 fully saturated rings. The van der Waals surface area contributed by atoms with Crippen LogP contribution in [0.15, 0.2) is 80.1 Å². The summed E-state index contributed by atoms with van der Waals surface area (Å²) in [6.45, 7) is 9.08. The number of nitriles is 1. The van der Waals surface area contributed by atoms with Crippen LogP contribution in [0.1, 0.15) is 70.5 Å². The van der Waals surface area contributed by atoms with Crippen molar-refractivity contribution in [2.45, 2.75) is 109 Å². The molecule has 22 nitrogen and oxygen atoms in total. The van der Waals surface area contributed by atoms with Crippen LogP contribution in [0.3, 0.4) is 0 Å². The molecule has 2 N–H and O–H groups in total. The first-order chi connectivity index (χ1) is 32.2. The summed E-state index contributed by atoms with van der Waals surface area (Å²) in [6, 6.07) is 14.0. The van der Waals surface area contributed by atoms with E-state index in [-0.39, 0.29) is 70.6 Å². The van der Waals surface area contributed by atoms with Gasteiger partial charge in [0.25, 0.3) is 19.6 Å². The van der Waals surface area contributed by atoms with E-state index in [4.69, 9.17) is 68.9 Å². The lowest BCUT2D eigenvalue weighted by Crippen LogP contribution is -2.48. The van der Waals surface area contributed by atoms with Crippen molar-refractivity contribution < 1.29 is 54.8 Å². The zero-order valence-electron chi connectivity index (χ0n) is 37.5. The number of nitrogens with zero attached hydrogens (tertiary/aromatic N) is 4. The van der Waals surface area contributed by atoms with Crippen LogP contribution < -0.4 is 31.8 Å². The van der Waals surface area contributed by atoms with Gasteiger partial charge in [0.2, 0.25) is 5.79 Å². The first-order valence-electron chi connectivity index (χ1n) is 21.2. The largest absolute Gasteiger partial charge is 0.539 e. The highest BCUT2D eigenvalue weighted by atomic mass is 35.5. The second kappa shape index (κ2) is 21.6. The smallest absolute Gasteiger partial charge is 0.483 e. The number of aryl methyl sites for hydroxylation is 2. The molecule has 3 aliphatic rings. The zero-order valence-corrected chi connectivity index (χ0v) is 41.7. The maximum absolute atomic E-state index is 15.5. The minimum absolute atomic E-state index is 0.0117. The number of ether oxygens (including phenoxy) is 3. The Morgan fingerprint density at radius 3 is 2.06 bits per heavy atom. The highest BCUT2D eigenvalue weighted by molar-refractivity contribution is 7.62. The van der Waals surface area contributed by atoms with E-state index in [0.717, 1.165) is 9.13 Å². The molecule has 7 rings (SSSR count). The fourth-order valence-corrected chi connectivity index (χ4v) is 13.1. The number of nitrogens with one attached hydrogen (secondary N) is 2. The van der Waals surface area contributed by atoms with Crippen LogP contribution >= 0.6 is 47.4 Å². The van der Waals surface area contributed by atoms with Gasteiger partial charge in [-0.05, 0) is 65.8 Å². The van der Waals surface area contributed by atoms with E-state index >= 15 is 4.57 Å². The van der Waals surface area contributed by atoms with Gasteiger partial charge in [-0.3, -0.25) is 37.7 Å². The summed E-state index contributed by atoms with van der Waals surface area (Å²) in [5.74, 6) is -2.53. The van der Waals surface area contributed by atoms with E-state index in [1.807, 2.05) is 32.4 Å². The third-order valence-corrected chi connectivity index (χ3v) is 16.9. The number of hydrogen-bond acceptors (Lipinski definition) is 18. The maximum Gasteiger partial charge on any atom is 0.539 e. The lowest BCUT2D eigenvalue weighted by molar-refractivity contribution is -0.233. The molecule has 2 aromatic carbocycles. The fourth-order valence-electron chi connectivity index (χ4n) is 7.51. The van der Waals surface area contributed by atoms with Crippen molar-refractivity contribution in [3.8, 4) is 17.6 Å². The van der Waals surface area contributed by atoms with Gasteiger partial charge >= 0.3 is 27.0 Å². The van der Waals surface area contributed by atoms with Gasteiger partial charge in [-0.2, -0.15) is 9.57 Å². The number of phosphoric acid groups is 2. The van der Waals surface area contributed by atoms with Crippen LogP contribution in [0.2, 0.25) is 10.0 Å². The van der Waals surface area contributed by atoms with Crippen molar-refractivity contribution in [3.63, 3.8) is 0 Å². The quantitative estimate of drug-likeness (QED) is 0.0771. The van der Waals surface area contributed by atoms with E-state index in [1.54, 1.807) is 18.2 Å². The second-order valence-corrected chi connectivity index (χ2v) is 21.9. The number of H-pyrrole nitrogens is 2. The van der Waals surface area contributed by atoms with Gasteiger partial charge in [0.05, 0.1) is 41.9 Å². The fraction of sp³-hybridized carbons (Fsp3) is 0.488. The normalized spacial score (nSPS) is 27.7. The van der Waals surface area contributed by atoms with Gasteiger partial charge in [-0.1, -0.05) is 47.5 Å². The minimum atomic E-state index is -5.41. The summed E-state index contributed by atoms with van der Waals surface area (Å²) in [5.41, 5.74) is -2.59. The molecule has 368 valence electrons. The van der Waals surface area contributed by atoms with Crippen molar-refractivity contribution >= 4 is 47.4 Å². The molecule has 0 bridgehead atoms. The predicted molar refractivity (Wildman–Crippen MR) is 245 cm³/mol. The van der Waals surface area contributed by atoms with E-state index < -0.39 is 96.4 Å². The van der Waals surface area contributed by atoms with Crippen molar-refractivity contribution in [2.24, 2.45) is 0 Å². The summed E-state index contributed by atoms with van der Waals surface area (Å²) in [6.07, 6.45) is -3.82. The van der Waals surface area contributed by atoms with E-state index in [1.165, 1.54) is 56.6 Å². The molecule has 3 unspecified atom stereocenters. The summed E-state index contributed by atoms with van der Waals surface area (Å²) in [7, 11) is -12.5. The third kappa shape index (κ3) is 11.8. The Labute approximate surface area is 400 Å². The van der Waals surface area contributed by atoms with Crippen molar-refractivity contribution in [1.82, 2.24) is 23.8 Å². The molecule has 27 heteroatoms. The molecule has 9 atom stereocenters. The highest BCUT2D eigenvalue weighted by Gasteiger charge is 2.63. The first kappa shape index (κ1) is 51.8. The second-order valence-electron chi connectivity index (χ2n) is 16.3. The Hall–Kier alpha value is -4.00. The van der Waals surface area contributed by atoms with Crippen LogP contribution in [0.25, 0.3) is 0 Å². The topological polar surface area (TPSA) is 263 Å². The Balaban J connectivity index is 1.29. The molecule has 0 aliphatic carbocycles. The molecule has 5 heterocycles. The number of halogens is 2. The Morgan fingerprint density at radius 2 is 1.47 bits per heavy atom. The van der Waals surface area contributed by atoms with Crippen LogP contribution in [0.5, 0.6) is 11.5 Å². The Kier molecular flexibility index (Phi) is 16.4. The minimum Gasteiger partial charge on any atom is -0.483 e. The molecule has 68 heavy (non-hydrogen) atoms. The molecule has 0 saturated carbocycles. The summed E-state index contributed by atoms with van der Waals surface area (Å²) >= 11 is 12.9. The van der Waals surface area contributed by atoms with E-state index in [0.29, 0.717) is 0 Å². The van der Waals surface area contributed by atoms with Gasteiger partial charge in [0, 0.05) is 48.4 Å². The van der Waals surface area contributed by atoms with Gasteiger partial charge in [0.1, 0.15) is 36.7 Å². The number of hydrogen-bond donors (Lipinski definition) is 2. The van der Waals surface area contributed by atoms with Gasteiger partial charge in [-0.15, -0.1) is 0 Å². The van der Waals surface area contributed by atoms with Gasteiger partial charge < -0.3 is 27.8 Å². The predicted octanol–water partition coefficient (Wildman–Crippen LogP) is 7.40. The van der Waals surface area contributed by atoms with Crippen molar-refractivity contribution in [1.29, 1.82) is 5.26 Å². The Bertz CT molecular complexity index is 2850. The average Bonchev–Trinajstić information content (AvgIpc) is 3.80. The van der Waals surface area contributed by atoms with E-state index in [9.17, 15) is 29.0 Å². The van der Waals surface area contributed by atoms with Crippen LogP contribution in [0.4, 0.5) is 0 Å². The molecule has 0 radical (unpaired) electrons. The van der Waals surface area contributed by atoms with Crippen molar-refractivity contribution in [3.05, 3.63) is 124 Å². The summed E-state index contributed by atoms with van der Waals surface area (Å²) in [5, 5.41) is 9.44. The maximum atomic E-state index is 15.5. The number of rotatable bonds is 17. The average molecular weight is 1050 g/mol. The molecule has 1 spiro atoms. The molecule has 2 aromatic heterocycles. The van der Waals surface area contributed by atoms with E-state index in [2.05, 4.69) is 16.0 Å². The molecule has 0 amide bonds. The summed E-state index contributed by atoms with van der Waals surface area (Å²) in [4.78, 5) is 55.7. The number of aromatic nitrogens is 4. The standard InChI is InChI=1S/C41H49Cl2N6O16P3/c1-24(2)49(25(3)4)66(56-17-11-16-44)62-32-18-35(47-20-26(5)37(50)45-39(47)52)60-33(32)22-57-68(55)64-41(23-58-67(54,65-68)63-31-15-10-8-13-29(31)43)34(59-30-14-9-7-12-28(30)42)19-36(61-41)48-21-27(6)38(51)46-40(48)53/h7-10,12-15,20-21,24-25,32-36H,11,17-19,22-23H2,1-6H3,(H,45,50,52)(H,46,51,53)/t32-,33+,34-,35+,36+,41+,66?,67?,68?/m0/s1. The molecular weight excluding hydrogens is 996 g/mol. The number of aromatic amines is 2. The third-order valence-electron chi connectivity index (χ3n) is 10.7.